The topological polar surface area (TPSA) is 59.4 Å². The Kier molecular flexibility index (Phi) is 5.35. The Morgan fingerprint density at radius 1 is 1.37 bits per heavy atom. The highest BCUT2D eigenvalue weighted by Gasteiger charge is 2.10. The van der Waals surface area contributed by atoms with E-state index in [1.807, 2.05) is 0 Å². The van der Waals surface area contributed by atoms with E-state index in [0.29, 0.717) is 5.82 Å². The molecule has 2 rings (SSSR count). The molecule has 6 heteroatoms. The smallest absolute Gasteiger partial charge is 0.293 e. The first kappa shape index (κ1) is 14.0. The average molecular weight is 266 g/mol. The van der Waals surface area contributed by atoms with Gasteiger partial charge < -0.3 is 14.6 Å². The summed E-state index contributed by atoms with van der Waals surface area (Å²) in [7, 11) is 0. The molecule has 0 bridgehead atoms. The minimum absolute atomic E-state index is 0.0358. The van der Waals surface area contributed by atoms with Crippen LogP contribution in [0.25, 0.3) is 0 Å². The van der Waals surface area contributed by atoms with E-state index in [9.17, 15) is 4.79 Å². The third-order valence-corrected chi connectivity index (χ3v) is 3.20. The third-order valence-electron chi connectivity index (χ3n) is 3.20. The maximum Gasteiger partial charge on any atom is 0.293 e. The van der Waals surface area contributed by atoms with Gasteiger partial charge in [-0.2, -0.15) is 0 Å². The van der Waals surface area contributed by atoms with Crippen LogP contribution in [0.1, 0.15) is 13.3 Å². The molecule has 1 aromatic heterocycles. The van der Waals surface area contributed by atoms with Crippen molar-refractivity contribution in [3.63, 3.8) is 0 Å². The van der Waals surface area contributed by atoms with E-state index in [4.69, 9.17) is 4.74 Å². The molecule has 1 fully saturated rings. The summed E-state index contributed by atoms with van der Waals surface area (Å²) in [6.45, 7) is 7.96. The maximum atomic E-state index is 12.0. The fourth-order valence-electron chi connectivity index (χ4n) is 2.14. The number of anilines is 1. The van der Waals surface area contributed by atoms with Crippen LogP contribution in [0.3, 0.4) is 0 Å². The molecule has 1 aliphatic heterocycles. The third kappa shape index (κ3) is 4.04. The molecule has 1 aliphatic rings. The fourth-order valence-corrected chi connectivity index (χ4v) is 2.14. The Bertz CT molecular complexity index is 441. The highest BCUT2D eigenvalue weighted by atomic mass is 16.5. The second-order valence-corrected chi connectivity index (χ2v) is 4.66. The number of nitrogens with zero attached hydrogens (tertiary/aromatic N) is 3. The van der Waals surface area contributed by atoms with Crippen LogP contribution in [0.4, 0.5) is 5.82 Å². The number of morpholine rings is 1. The van der Waals surface area contributed by atoms with Crippen LogP contribution in [0.2, 0.25) is 0 Å². The highest BCUT2D eigenvalue weighted by molar-refractivity contribution is 5.30. The first-order valence-electron chi connectivity index (χ1n) is 6.90. The van der Waals surface area contributed by atoms with Crippen LogP contribution in [0, 0.1) is 0 Å². The van der Waals surface area contributed by atoms with Gasteiger partial charge in [0.1, 0.15) is 0 Å². The molecule has 0 aliphatic carbocycles. The zero-order chi connectivity index (χ0) is 13.5. The normalized spacial score (nSPS) is 16.5. The van der Waals surface area contributed by atoms with E-state index >= 15 is 0 Å². The largest absolute Gasteiger partial charge is 0.379 e. The van der Waals surface area contributed by atoms with Gasteiger partial charge >= 0.3 is 0 Å². The lowest BCUT2D eigenvalue weighted by Crippen LogP contribution is -2.39. The predicted molar refractivity (Wildman–Crippen MR) is 74.5 cm³/mol. The molecule has 19 heavy (non-hydrogen) atoms. The molecule has 1 saturated heterocycles. The summed E-state index contributed by atoms with van der Waals surface area (Å²) in [6.07, 6.45) is 4.35. The van der Waals surface area contributed by atoms with Crippen molar-refractivity contribution in [1.82, 2.24) is 14.5 Å². The summed E-state index contributed by atoms with van der Waals surface area (Å²) in [5.74, 6) is 0.448. The van der Waals surface area contributed by atoms with Crippen molar-refractivity contribution < 1.29 is 4.74 Å². The molecule has 2 heterocycles. The Morgan fingerprint density at radius 2 is 2.16 bits per heavy atom. The fraction of sp³-hybridized carbons (Fsp3) is 0.692. The molecule has 0 unspecified atom stereocenters. The standard InChI is InChI=1S/C13H22N4O2/c1-2-5-17-7-4-15-12(13(17)18)14-3-6-16-8-10-19-11-9-16/h4,7H,2-3,5-6,8-11H2,1H3,(H,14,15). The summed E-state index contributed by atoms with van der Waals surface area (Å²) < 4.78 is 7.00. The molecule has 1 N–H and O–H groups in total. The van der Waals surface area contributed by atoms with Crippen molar-refractivity contribution in [1.29, 1.82) is 0 Å². The van der Waals surface area contributed by atoms with Crippen molar-refractivity contribution >= 4 is 5.82 Å². The van der Waals surface area contributed by atoms with Gasteiger partial charge in [0.25, 0.3) is 5.56 Å². The number of rotatable bonds is 6. The van der Waals surface area contributed by atoms with Gasteiger partial charge in [-0.05, 0) is 6.42 Å². The molecular formula is C13H22N4O2. The molecule has 0 radical (unpaired) electrons. The van der Waals surface area contributed by atoms with Crippen LogP contribution in [-0.4, -0.2) is 53.8 Å². The Hall–Kier alpha value is -1.40. The van der Waals surface area contributed by atoms with Gasteiger partial charge in [-0.1, -0.05) is 6.92 Å². The molecule has 6 nitrogen and oxygen atoms in total. The number of nitrogens with one attached hydrogen (secondary N) is 1. The van der Waals surface area contributed by atoms with E-state index < -0.39 is 0 Å². The summed E-state index contributed by atoms with van der Waals surface area (Å²) in [4.78, 5) is 18.5. The van der Waals surface area contributed by atoms with Gasteiger partial charge in [0, 0.05) is 45.1 Å². The van der Waals surface area contributed by atoms with Crippen LogP contribution in [0.5, 0.6) is 0 Å². The second-order valence-electron chi connectivity index (χ2n) is 4.66. The van der Waals surface area contributed by atoms with Gasteiger partial charge in [-0.15, -0.1) is 0 Å². The Balaban J connectivity index is 1.85. The molecule has 0 atom stereocenters. The van der Waals surface area contributed by atoms with E-state index in [1.54, 1.807) is 17.0 Å². The molecule has 0 aromatic carbocycles. The van der Waals surface area contributed by atoms with E-state index in [1.165, 1.54) is 0 Å². The maximum absolute atomic E-state index is 12.0. The monoisotopic (exact) mass is 266 g/mol. The van der Waals surface area contributed by atoms with Crippen molar-refractivity contribution in [2.75, 3.05) is 44.7 Å². The molecule has 0 amide bonds. The SMILES string of the molecule is CCCn1ccnc(NCCN2CCOCC2)c1=O. The lowest BCUT2D eigenvalue weighted by Gasteiger charge is -2.26. The molecule has 106 valence electrons. The zero-order valence-corrected chi connectivity index (χ0v) is 11.5. The second kappa shape index (κ2) is 7.25. The first-order chi connectivity index (χ1) is 9.31. The van der Waals surface area contributed by atoms with Gasteiger partial charge in [-0.25, -0.2) is 4.98 Å². The quantitative estimate of drug-likeness (QED) is 0.807. The van der Waals surface area contributed by atoms with Crippen molar-refractivity contribution in [2.45, 2.75) is 19.9 Å². The van der Waals surface area contributed by atoms with E-state index in [-0.39, 0.29) is 5.56 Å². The minimum Gasteiger partial charge on any atom is -0.379 e. The number of hydrogen-bond donors (Lipinski definition) is 1. The van der Waals surface area contributed by atoms with Crippen molar-refractivity contribution in [3.8, 4) is 0 Å². The van der Waals surface area contributed by atoms with E-state index in [0.717, 1.165) is 52.4 Å². The van der Waals surface area contributed by atoms with Gasteiger partial charge in [0.15, 0.2) is 5.82 Å². The number of hydrogen-bond acceptors (Lipinski definition) is 5. The van der Waals surface area contributed by atoms with Crippen LogP contribution >= 0.6 is 0 Å². The first-order valence-corrected chi connectivity index (χ1v) is 6.90. The minimum atomic E-state index is -0.0358. The Labute approximate surface area is 113 Å². The summed E-state index contributed by atoms with van der Waals surface area (Å²) in [5, 5.41) is 3.13. The van der Waals surface area contributed by atoms with Gasteiger partial charge in [0.05, 0.1) is 13.2 Å². The highest BCUT2D eigenvalue weighted by Crippen LogP contribution is 1.97. The number of aromatic nitrogens is 2. The van der Waals surface area contributed by atoms with Crippen LogP contribution in [-0.2, 0) is 11.3 Å². The lowest BCUT2D eigenvalue weighted by atomic mass is 10.4. The summed E-state index contributed by atoms with van der Waals surface area (Å²) in [6, 6.07) is 0. The van der Waals surface area contributed by atoms with Crippen molar-refractivity contribution in [2.24, 2.45) is 0 Å². The molecule has 0 saturated carbocycles. The Morgan fingerprint density at radius 3 is 2.89 bits per heavy atom. The zero-order valence-electron chi connectivity index (χ0n) is 11.5. The van der Waals surface area contributed by atoms with Gasteiger partial charge in [-0.3, -0.25) is 9.69 Å². The van der Waals surface area contributed by atoms with E-state index in [2.05, 4.69) is 22.1 Å². The average Bonchev–Trinajstić information content (AvgIpc) is 2.44. The molecule has 1 aromatic rings. The van der Waals surface area contributed by atoms with Crippen LogP contribution < -0.4 is 10.9 Å². The molecule has 0 spiro atoms. The number of ether oxygens (including phenoxy) is 1. The predicted octanol–water partition coefficient (Wildman–Crippen LogP) is 0.397. The van der Waals surface area contributed by atoms with Crippen LogP contribution in [0.15, 0.2) is 17.2 Å². The van der Waals surface area contributed by atoms with Crippen molar-refractivity contribution in [3.05, 3.63) is 22.7 Å². The number of aryl methyl sites for hydroxylation is 1. The summed E-state index contributed by atoms with van der Waals surface area (Å²) in [5.41, 5.74) is -0.0358. The summed E-state index contributed by atoms with van der Waals surface area (Å²) >= 11 is 0. The van der Waals surface area contributed by atoms with Gasteiger partial charge in [0.2, 0.25) is 0 Å². The molecular weight excluding hydrogens is 244 g/mol. The lowest BCUT2D eigenvalue weighted by molar-refractivity contribution is 0.0398.